The largest absolute Gasteiger partial charge is 0.383 e. The number of carbonyl (C=O) groups is 1. The molecule has 0 bridgehead atoms. The number of carbonyl (C=O) groups excluding carboxylic acids is 1. The average molecular weight is 386 g/mol. The number of benzene rings is 1. The first kappa shape index (κ1) is 18.1. The molecule has 1 N–H and O–H groups in total. The van der Waals surface area contributed by atoms with Crippen molar-refractivity contribution in [2.24, 2.45) is 0 Å². The first-order valence-electron chi connectivity index (χ1n) is 9.10. The first-order chi connectivity index (χ1) is 13.2. The van der Waals surface area contributed by atoms with Crippen LogP contribution in [-0.2, 0) is 16.1 Å². The molecule has 0 saturated carbocycles. The highest BCUT2D eigenvalue weighted by Gasteiger charge is 2.20. The van der Waals surface area contributed by atoms with Gasteiger partial charge in [-0.3, -0.25) is 14.2 Å². The third-order valence-corrected chi connectivity index (χ3v) is 5.84. The lowest BCUT2D eigenvalue weighted by Gasteiger charge is -2.16. The number of nitrogens with zero attached hydrogens (tertiary/aromatic N) is 3. The van der Waals surface area contributed by atoms with Crippen LogP contribution in [0.2, 0.25) is 0 Å². The Labute approximate surface area is 160 Å². The lowest BCUT2D eigenvalue weighted by atomic mass is 10.2. The van der Waals surface area contributed by atoms with Gasteiger partial charge in [-0.05, 0) is 18.9 Å². The molecule has 3 heterocycles. The highest BCUT2D eigenvalue weighted by molar-refractivity contribution is 7.99. The summed E-state index contributed by atoms with van der Waals surface area (Å²) in [6, 6.07) is 7.73. The van der Waals surface area contributed by atoms with Gasteiger partial charge in [0.2, 0.25) is 5.91 Å². The smallest absolute Gasteiger partial charge is 0.278 e. The van der Waals surface area contributed by atoms with Gasteiger partial charge in [-0.15, -0.1) is 0 Å². The molecule has 8 heteroatoms. The van der Waals surface area contributed by atoms with E-state index in [0.29, 0.717) is 29.3 Å². The molecule has 1 amide bonds. The fraction of sp³-hybridized carbons (Fsp3) is 0.421. The Bertz CT molecular complexity index is 1040. The van der Waals surface area contributed by atoms with Gasteiger partial charge in [-0.25, -0.2) is 4.98 Å². The molecule has 27 heavy (non-hydrogen) atoms. The van der Waals surface area contributed by atoms with Gasteiger partial charge in [-0.1, -0.05) is 30.0 Å². The third kappa shape index (κ3) is 3.46. The van der Waals surface area contributed by atoms with Crippen molar-refractivity contribution >= 4 is 39.6 Å². The minimum atomic E-state index is -0.135. The Morgan fingerprint density at radius 1 is 1.30 bits per heavy atom. The number of hydrogen-bond donors (Lipinski definition) is 1. The maximum atomic E-state index is 13.1. The summed E-state index contributed by atoms with van der Waals surface area (Å²) in [5.74, 6) is 0.386. The van der Waals surface area contributed by atoms with Gasteiger partial charge in [0.25, 0.3) is 5.56 Å². The quantitative estimate of drug-likeness (QED) is 0.519. The van der Waals surface area contributed by atoms with Crippen LogP contribution in [0.3, 0.4) is 0 Å². The maximum absolute atomic E-state index is 13.1. The van der Waals surface area contributed by atoms with Crippen molar-refractivity contribution in [2.75, 3.05) is 32.6 Å². The van der Waals surface area contributed by atoms with E-state index in [-0.39, 0.29) is 17.2 Å². The van der Waals surface area contributed by atoms with Gasteiger partial charge in [0.1, 0.15) is 11.0 Å². The van der Waals surface area contributed by atoms with Crippen LogP contribution in [0, 0.1) is 0 Å². The second-order valence-corrected chi connectivity index (χ2v) is 7.56. The number of nitrogens with one attached hydrogen (secondary N) is 1. The topological polar surface area (TPSA) is 80.2 Å². The molecule has 2 aromatic heterocycles. The fourth-order valence-electron chi connectivity index (χ4n) is 3.45. The zero-order valence-electron chi connectivity index (χ0n) is 15.2. The Morgan fingerprint density at radius 3 is 2.85 bits per heavy atom. The van der Waals surface area contributed by atoms with Crippen molar-refractivity contribution in [3.05, 3.63) is 34.6 Å². The van der Waals surface area contributed by atoms with E-state index in [4.69, 9.17) is 9.72 Å². The number of para-hydroxylation sites is 1. The van der Waals surface area contributed by atoms with E-state index >= 15 is 0 Å². The summed E-state index contributed by atoms with van der Waals surface area (Å²) in [7, 11) is 1.60. The third-order valence-electron chi connectivity index (χ3n) is 4.88. The summed E-state index contributed by atoms with van der Waals surface area (Å²) in [4.78, 5) is 35.3. The molecule has 1 aliphatic rings. The molecule has 0 aliphatic carbocycles. The summed E-state index contributed by atoms with van der Waals surface area (Å²) in [5.41, 5.74) is 1.89. The minimum absolute atomic E-state index is 0.101. The van der Waals surface area contributed by atoms with E-state index < -0.39 is 0 Å². The van der Waals surface area contributed by atoms with Gasteiger partial charge in [-0.2, -0.15) is 0 Å². The van der Waals surface area contributed by atoms with Crippen LogP contribution in [0.1, 0.15) is 12.8 Å². The lowest BCUT2D eigenvalue weighted by Crippen LogP contribution is -2.30. The van der Waals surface area contributed by atoms with Crippen molar-refractivity contribution < 1.29 is 9.53 Å². The van der Waals surface area contributed by atoms with Gasteiger partial charge >= 0.3 is 0 Å². The van der Waals surface area contributed by atoms with Crippen LogP contribution in [0.25, 0.3) is 21.9 Å². The standard InChI is InChI=1S/C19H22N4O3S/c1-26-11-10-23-18(25)17-16(13-6-2-3-7-14(13)20-17)21-19(23)27-12-15(24)22-8-4-5-9-22/h2-3,6-7,20H,4-5,8-12H2,1H3. The average Bonchev–Trinajstić information content (AvgIpc) is 3.34. The van der Waals surface area contributed by atoms with Crippen molar-refractivity contribution in [1.29, 1.82) is 0 Å². The molecule has 7 nitrogen and oxygen atoms in total. The van der Waals surface area contributed by atoms with Crippen molar-refractivity contribution in [2.45, 2.75) is 24.5 Å². The van der Waals surface area contributed by atoms with E-state index in [1.165, 1.54) is 11.8 Å². The van der Waals surface area contributed by atoms with Crippen LogP contribution >= 0.6 is 11.8 Å². The predicted octanol–water partition coefficient (Wildman–Crippen LogP) is 2.24. The van der Waals surface area contributed by atoms with E-state index in [1.54, 1.807) is 11.7 Å². The van der Waals surface area contributed by atoms with E-state index in [0.717, 1.165) is 36.8 Å². The normalized spacial score (nSPS) is 14.5. The molecule has 4 rings (SSSR count). The molecule has 3 aromatic rings. The summed E-state index contributed by atoms with van der Waals surface area (Å²) in [6.07, 6.45) is 2.13. The Kier molecular flexibility index (Phi) is 5.18. The van der Waals surface area contributed by atoms with Crippen LogP contribution in [0.15, 0.2) is 34.2 Å². The van der Waals surface area contributed by atoms with Crippen LogP contribution in [0.5, 0.6) is 0 Å². The zero-order valence-corrected chi connectivity index (χ0v) is 16.1. The molecule has 142 valence electrons. The summed E-state index contributed by atoms with van der Waals surface area (Å²) in [6.45, 7) is 2.45. The first-order valence-corrected chi connectivity index (χ1v) is 10.1. The van der Waals surface area contributed by atoms with Gasteiger partial charge in [0, 0.05) is 31.1 Å². The van der Waals surface area contributed by atoms with E-state index in [9.17, 15) is 9.59 Å². The molecular formula is C19H22N4O3S. The number of methoxy groups -OCH3 is 1. The molecule has 1 saturated heterocycles. The highest BCUT2D eigenvalue weighted by Crippen LogP contribution is 2.25. The lowest BCUT2D eigenvalue weighted by molar-refractivity contribution is -0.127. The predicted molar refractivity (Wildman–Crippen MR) is 106 cm³/mol. The Balaban J connectivity index is 1.72. The molecule has 0 unspecified atom stereocenters. The van der Waals surface area contributed by atoms with Crippen molar-refractivity contribution in [3.8, 4) is 0 Å². The number of fused-ring (bicyclic) bond motifs is 3. The fourth-order valence-corrected chi connectivity index (χ4v) is 4.37. The second-order valence-electron chi connectivity index (χ2n) is 6.61. The molecule has 1 fully saturated rings. The number of amides is 1. The zero-order chi connectivity index (χ0) is 18.8. The molecular weight excluding hydrogens is 364 g/mol. The van der Waals surface area contributed by atoms with E-state index in [2.05, 4.69) is 4.98 Å². The molecule has 1 aromatic carbocycles. The Hall–Kier alpha value is -2.32. The summed E-state index contributed by atoms with van der Waals surface area (Å²) >= 11 is 1.32. The number of hydrogen-bond acceptors (Lipinski definition) is 5. The van der Waals surface area contributed by atoms with Gasteiger partial charge in [0.05, 0.1) is 18.9 Å². The number of thioether (sulfide) groups is 1. The van der Waals surface area contributed by atoms with Crippen LogP contribution in [-0.4, -0.2) is 57.9 Å². The highest BCUT2D eigenvalue weighted by atomic mass is 32.2. The SMILES string of the molecule is COCCn1c(SCC(=O)N2CCCC2)nc2c([nH]c3ccccc32)c1=O. The molecule has 0 spiro atoms. The monoisotopic (exact) mass is 386 g/mol. The molecule has 0 radical (unpaired) electrons. The van der Waals surface area contributed by atoms with Crippen molar-refractivity contribution in [1.82, 2.24) is 19.4 Å². The number of likely N-dealkylation sites (tertiary alicyclic amines) is 1. The Morgan fingerprint density at radius 2 is 2.07 bits per heavy atom. The second kappa shape index (κ2) is 7.74. The van der Waals surface area contributed by atoms with Gasteiger partial charge < -0.3 is 14.6 Å². The number of ether oxygens (including phenoxy) is 1. The van der Waals surface area contributed by atoms with Crippen LogP contribution < -0.4 is 5.56 Å². The summed E-state index contributed by atoms with van der Waals surface area (Å²) in [5, 5.41) is 1.47. The minimum Gasteiger partial charge on any atom is -0.383 e. The number of aromatic amines is 1. The van der Waals surface area contributed by atoms with Gasteiger partial charge in [0.15, 0.2) is 5.16 Å². The summed E-state index contributed by atoms with van der Waals surface area (Å²) < 4.78 is 6.75. The van der Waals surface area contributed by atoms with E-state index in [1.807, 2.05) is 29.2 Å². The number of rotatable bonds is 6. The number of H-pyrrole nitrogens is 1. The number of aromatic nitrogens is 3. The van der Waals surface area contributed by atoms with Crippen molar-refractivity contribution in [3.63, 3.8) is 0 Å². The maximum Gasteiger partial charge on any atom is 0.278 e. The van der Waals surface area contributed by atoms with Crippen LogP contribution in [0.4, 0.5) is 0 Å². The molecule has 1 aliphatic heterocycles. The molecule has 0 atom stereocenters.